The highest BCUT2D eigenvalue weighted by Crippen LogP contribution is 2.33. The zero-order chi connectivity index (χ0) is 18.5. The lowest BCUT2D eigenvalue weighted by Gasteiger charge is -2.09. The van der Waals surface area contributed by atoms with E-state index in [1.807, 2.05) is 18.2 Å². The number of hydrogen-bond donors (Lipinski definition) is 0. The molecule has 0 unspecified atom stereocenters. The normalized spacial score (nSPS) is 11.2. The third-order valence-electron chi connectivity index (χ3n) is 3.98. The molecule has 2 heterocycles. The van der Waals surface area contributed by atoms with Gasteiger partial charge in [0.15, 0.2) is 11.0 Å². The summed E-state index contributed by atoms with van der Waals surface area (Å²) in [5, 5.41) is 13.4. The number of nitrogens with zero attached hydrogens (tertiary/aromatic N) is 3. The Morgan fingerprint density at radius 3 is 2.58 bits per heavy atom. The van der Waals surface area contributed by atoms with Crippen LogP contribution >= 0.6 is 46.3 Å². The maximum atomic E-state index is 6.29. The van der Waals surface area contributed by atoms with E-state index in [9.17, 15) is 0 Å². The Bertz CT molecular complexity index is 853. The predicted molar refractivity (Wildman–Crippen MR) is 114 cm³/mol. The summed E-state index contributed by atoms with van der Waals surface area (Å²) in [4.78, 5) is 1.39. The summed E-state index contributed by atoms with van der Waals surface area (Å²) in [5.41, 5.74) is 2.09. The zero-order valence-corrected chi connectivity index (χ0v) is 18.0. The molecule has 0 saturated carbocycles. The predicted octanol–water partition coefficient (Wildman–Crippen LogP) is 6.97. The summed E-state index contributed by atoms with van der Waals surface area (Å²) < 4.78 is 2.20. The number of rotatable bonds is 8. The minimum Gasteiger partial charge on any atom is -0.302 e. The quantitative estimate of drug-likeness (QED) is 0.365. The summed E-state index contributed by atoms with van der Waals surface area (Å²) in [7, 11) is 0. The third-order valence-corrected chi connectivity index (χ3v) is 6.68. The SMILES string of the molecule is CCCc1cc(-c2nnc(SCc3c(Cl)cccc3Cl)n2CCC)cs1. The number of halogens is 2. The molecule has 0 atom stereocenters. The fraction of sp³-hybridized carbons (Fsp3) is 0.368. The molecule has 0 amide bonds. The number of thiophene rings is 1. The van der Waals surface area contributed by atoms with Crippen LogP contribution in [-0.4, -0.2) is 14.8 Å². The van der Waals surface area contributed by atoms with Crippen molar-refractivity contribution in [3.8, 4) is 11.4 Å². The molecule has 0 N–H and O–H groups in total. The van der Waals surface area contributed by atoms with Gasteiger partial charge in [-0.2, -0.15) is 0 Å². The smallest absolute Gasteiger partial charge is 0.191 e. The molecular weight excluding hydrogens is 405 g/mol. The van der Waals surface area contributed by atoms with Gasteiger partial charge in [-0.3, -0.25) is 0 Å². The van der Waals surface area contributed by atoms with Crippen LogP contribution in [0.5, 0.6) is 0 Å². The molecule has 1 aromatic carbocycles. The van der Waals surface area contributed by atoms with E-state index in [1.54, 1.807) is 23.1 Å². The van der Waals surface area contributed by atoms with Crippen LogP contribution in [0, 0.1) is 0 Å². The minimum absolute atomic E-state index is 0.672. The molecule has 3 nitrogen and oxygen atoms in total. The van der Waals surface area contributed by atoms with Gasteiger partial charge in [-0.1, -0.05) is 61.3 Å². The molecule has 7 heteroatoms. The molecule has 2 aromatic heterocycles. The van der Waals surface area contributed by atoms with Crippen LogP contribution in [-0.2, 0) is 18.7 Å². The van der Waals surface area contributed by atoms with E-state index in [0.717, 1.165) is 47.9 Å². The number of thioether (sulfide) groups is 1. The summed E-state index contributed by atoms with van der Waals surface area (Å²) in [6.07, 6.45) is 3.29. The minimum atomic E-state index is 0.672. The average Bonchev–Trinajstić information content (AvgIpc) is 3.22. The van der Waals surface area contributed by atoms with Gasteiger partial charge < -0.3 is 4.57 Å². The molecule has 3 aromatic rings. The summed E-state index contributed by atoms with van der Waals surface area (Å²) in [6, 6.07) is 7.84. The van der Waals surface area contributed by atoms with E-state index >= 15 is 0 Å². The van der Waals surface area contributed by atoms with E-state index < -0.39 is 0 Å². The second kappa shape index (κ2) is 9.27. The lowest BCUT2D eigenvalue weighted by molar-refractivity contribution is 0.626. The Morgan fingerprint density at radius 2 is 1.88 bits per heavy atom. The van der Waals surface area contributed by atoms with Crippen molar-refractivity contribution in [2.45, 2.75) is 50.6 Å². The van der Waals surface area contributed by atoms with Crippen molar-refractivity contribution in [1.82, 2.24) is 14.8 Å². The van der Waals surface area contributed by atoms with Gasteiger partial charge >= 0.3 is 0 Å². The van der Waals surface area contributed by atoms with Gasteiger partial charge in [0.2, 0.25) is 0 Å². The first kappa shape index (κ1) is 19.7. The van der Waals surface area contributed by atoms with Crippen LogP contribution in [0.15, 0.2) is 34.8 Å². The fourth-order valence-corrected chi connectivity index (χ4v) is 5.39. The maximum absolute atomic E-state index is 6.29. The Labute approximate surface area is 172 Å². The molecule has 138 valence electrons. The van der Waals surface area contributed by atoms with Crippen molar-refractivity contribution in [3.63, 3.8) is 0 Å². The molecule has 0 fully saturated rings. The van der Waals surface area contributed by atoms with Gasteiger partial charge in [-0.25, -0.2) is 0 Å². The van der Waals surface area contributed by atoms with Gasteiger partial charge in [0, 0.05) is 38.2 Å². The first-order chi connectivity index (χ1) is 12.6. The van der Waals surface area contributed by atoms with Crippen molar-refractivity contribution in [1.29, 1.82) is 0 Å². The van der Waals surface area contributed by atoms with Crippen LogP contribution in [0.2, 0.25) is 10.0 Å². The van der Waals surface area contributed by atoms with E-state index in [-0.39, 0.29) is 0 Å². The first-order valence-corrected chi connectivity index (χ1v) is 11.3. The Kier molecular flexibility index (Phi) is 7.04. The topological polar surface area (TPSA) is 30.7 Å². The fourth-order valence-electron chi connectivity index (χ4n) is 2.72. The van der Waals surface area contributed by atoms with E-state index in [4.69, 9.17) is 23.2 Å². The number of aryl methyl sites for hydroxylation is 1. The Balaban J connectivity index is 1.84. The van der Waals surface area contributed by atoms with Crippen LogP contribution < -0.4 is 0 Å². The van der Waals surface area contributed by atoms with Crippen molar-refractivity contribution >= 4 is 46.3 Å². The van der Waals surface area contributed by atoms with E-state index in [1.165, 1.54) is 4.88 Å². The molecule has 0 saturated heterocycles. The van der Waals surface area contributed by atoms with Gasteiger partial charge in [0.25, 0.3) is 0 Å². The lowest BCUT2D eigenvalue weighted by Crippen LogP contribution is -2.01. The van der Waals surface area contributed by atoms with Crippen molar-refractivity contribution in [3.05, 3.63) is 50.1 Å². The second-order valence-electron chi connectivity index (χ2n) is 6.00. The van der Waals surface area contributed by atoms with Gasteiger partial charge in [-0.05, 0) is 36.6 Å². The standard InChI is InChI=1S/C19H21Cl2N3S2/c1-3-6-14-10-13(11-25-14)18-22-23-19(24(18)9-4-2)26-12-15-16(20)7-5-8-17(15)21/h5,7-8,10-11H,3-4,6,9,12H2,1-2H3. The number of hydrogen-bond acceptors (Lipinski definition) is 4. The monoisotopic (exact) mass is 425 g/mol. The first-order valence-electron chi connectivity index (χ1n) is 8.70. The van der Waals surface area contributed by atoms with Gasteiger partial charge in [0.1, 0.15) is 0 Å². The van der Waals surface area contributed by atoms with Gasteiger partial charge in [-0.15, -0.1) is 21.5 Å². The van der Waals surface area contributed by atoms with Crippen molar-refractivity contribution in [2.75, 3.05) is 0 Å². The molecule has 0 spiro atoms. The van der Waals surface area contributed by atoms with E-state index in [0.29, 0.717) is 15.8 Å². The number of benzene rings is 1. The van der Waals surface area contributed by atoms with E-state index in [2.05, 4.69) is 40.1 Å². The van der Waals surface area contributed by atoms with Crippen LogP contribution in [0.4, 0.5) is 0 Å². The molecule has 0 aliphatic heterocycles. The molecular formula is C19H21Cl2N3S2. The highest BCUT2D eigenvalue weighted by atomic mass is 35.5. The molecule has 0 aliphatic rings. The molecule has 0 radical (unpaired) electrons. The average molecular weight is 426 g/mol. The Morgan fingerprint density at radius 1 is 1.12 bits per heavy atom. The van der Waals surface area contributed by atoms with Crippen LogP contribution in [0.1, 0.15) is 37.1 Å². The van der Waals surface area contributed by atoms with Crippen molar-refractivity contribution in [2.24, 2.45) is 0 Å². The highest BCUT2D eigenvalue weighted by molar-refractivity contribution is 7.98. The van der Waals surface area contributed by atoms with Crippen LogP contribution in [0.25, 0.3) is 11.4 Å². The van der Waals surface area contributed by atoms with Crippen LogP contribution in [0.3, 0.4) is 0 Å². The Hall–Kier alpha value is -1.01. The zero-order valence-electron chi connectivity index (χ0n) is 14.8. The molecule has 0 aliphatic carbocycles. The largest absolute Gasteiger partial charge is 0.302 e. The van der Waals surface area contributed by atoms with Gasteiger partial charge in [0.05, 0.1) is 0 Å². The summed E-state index contributed by atoms with van der Waals surface area (Å²) in [5.74, 6) is 1.61. The highest BCUT2D eigenvalue weighted by Gasteiger charge is 2.16. The maximum Gasteiger partial charge on any atom is 0.191 e. The number of aromatic nitrogens is 3. The molecule has 0 bridgehead atoms. The summed E-state index contributed by atoms with van der Waals surface area (Å²) >= 11 is 16.0. The third kappa shape index (κ3) is 4.45. The summed E-state index contributed by atoms with van der Waals surface area (Å²) in [6.45, 7) is 5.26. The molecule has 3 rings (SSSR count). The van der Waals surface area contributed by atoms with Crippen molar-refractivity contribution < 1.29 is 0 Å². The molecule has 26 heavy (non-hydrogen) atoms. The lowest BCUT2D eigenvalue weighted by atomic mass is 10.2. The second-order valence-corrected chi connectivity index (χ2v) is 8.75.